The van der Waals surface area contributed by atoms with Gasteiger partial charge in [-0.2, -0.15) is 0 Å². The van der Waals surface area contributed by atoms with Crippen LogP contribution in [0.25, 0.3) is 11.0 Å². The zero-order chi connectivity index (χ0) is 16.4. The number of fused-ring (bicyclic) bond motifs is 1. The van der Waals surface area contributed by atoms with Crippen molar-refractivity contribution in [3.8, 4) is 11.5 Å². The van der Waals surface area contributed by atoms with Gasteiger partial charge in [-0.1, -0.05) is 6.07 Å². The zero-order valence-corrected chi connectivity index (χ0v) is 13.6. The van der Waals surface area contributed by atoms with Crippen molar-refractivity contribution in [2.45, 2.75) is 26.5 Å². The molecule has 3 aromatic rings. The molecule has 0 aliphatic rings. The van der Waals surface area contributed by atoms with Crippen LogP contribution in [0.2, 0.25) is 0 Å². The minimum atomic E-state index is -0.0791. The van der Waals surface area contributed by atoms with Crippen LogP contribution in [0.4, 0.5) is 5.69 Å². The largest absolute Gasteiger partial charge is 0.457 e. The van der Waals surface area contributed by atoms with E-state index in [4.69, 9.17) is 4.74 Å². The summed E-state index contributed by atoms with van der Waals surface area (Å²) in [6, 6.07) is 14.0. The molecule has 0 saturated carbocycles. The summed E-state index contributed by atoms with van der Waals surface area (Å²) in [4.78, 5) is 4.37. The van der Waals surface area contributed by atoms with Crippen molar-refractivity contribution in [3.05, 3.63) is 48.3 Å². The lowest BCUT2D eigenvalue weighted by Gasteiger charge is -2.12. The van der Waals surface area contributed by atoms with E-state index in [2.05, 4.69) is 24.1 Å². The minimum Gasteiger partial charge on any atom is -0.457 e. The van der Waals surface area contributed by atoms with Crippen LogP contribution in [0.5, 0.6) is 11.5 Å². The first kappa shape index (κ1) is 15.4. The summed E-state index contributed by atoms with van der Waals surface area (Å²) < 4.78 is 7.84. The van der Waals surface area contributed by atoms with Gasteiger partial charge in [-0.25, -0.2) is 4.98 Å². The molecular formula is C18H21N3O2. The van der Waals surface area contributed by atoms with Crippen molar-refractivity contribution in [2.24, 2.45) is 7.05 Å². The Morgan fingerprint density at radius 2 is 1.96 bits per heavy atom. The number of aryl methyl sites for hydroxylation is 1. The third-order valence-corrected chi connectivity index (χ3v) is 3.61. The Bertz CT molecular complexity index is 824. The standard InChI is InChI=1S/C18H21N3O2/c1-12(2)19-13-5-4-6-14(9-13)23-15-7-8-16-17(10-15)21(3)18(11-22)20-16/h4-10,12,19,22H,11H2,1-3H3. The number of aromatic nitrogens is 2. The van der Waals surface area contributed by atoms with E-state index in [-0.39, 0.29) is 6.61 Å². The highest BCUT2D eigenvalue weighted by Crippen LogP contribution is 2.27. The molecule has 0 bridgehead atoms. The van der Waals surface area contributed by atoms with Crippen molar-refractivity contribution in [3.63, 3.8) is 0 Å². The van der Waals surface area contributed by atoms with E-state index in [9.17, 15) is 5.11 Å². The molecule has 0 aliphatic heterocycles. The summed E-state index contributed by atoms with van der Waals surface area (Å²) in [6.45, 7) is 4.12. The topological polar surface area (TPSA) is 59.3 Å². The maximum absolute atomic E-state index is 9.30. The fraction of sp³-hybridized carbons (Fsp3) is 0.278. The molecule has 2 N–H and O–H groups in total. The Labute approximate surface area is 135 Å². The predicted octanol–water partition coefficient (Wildman–Crippen LogP) is 3.68. The number of benzene rings is 2. The van der Waals surface area contributed by atoms with Gasteiger partial charge in [0.2, 0.25) is 0 Å². The molecule has 0 aliphatic carbocycles. The van der Waals surface area contributed by atoms with Crippen LogP contribution >= 0.6 is 0 Å². The van der Waals surface area contributed by atoms with Crippen LogP contribution < -0.4 is 10.1 Å². The van der Waals surface area contributed by atoms with E-state index >= 15 is 0 Å². The number of aliphatic hydroxyl groups is 1. The van der Waals surface area contributed by atoms with Crippen molar-refractivity contribution < 1.29 is 9.84 Å². The van der Waals surface area contributed by atoms with Crippen molar-refractivity contribution in [1.29, 1.82) is 0 Å². The number of hydrogen-bond donors (Lipinski definition) is 2. The van der Waals surface area contributed by atoms with Gasteiger partial charge in [-0.05, 0) is 38.1 Å². The molecule has 3 rings (SSSR count). The molecule has 23 heavy (non-hydrogen) atoms. The molecule has 0 radical (unpaired) electrons. The number of aliphatic hydroxyl groups excluding tert-OH is 1. The molecule has 0 saturated heterocycles. The Kier molecular flexibility index (Phi) is 4.21. The van der Waals surface area contributed by atoms with Gasteiger partial charge in [0.25, 0.3) is 0 Å². The van der Waals surface area contributed by atoms with Crippen LogP contribution in [0, 0.1) is 0 Å². The molecule has 5 nitrogen and oxygen atoms in total. The smallest absolute Gasteiger partial charge is 0.135 e. The first-order chi connectivity index (χ1) is 11.1. The molecule has 1 aromatic heterocycles. The molecule has 0 amide bonds. The number of imidazole rings is 1. The van der Waals surface area contributed by atoms with Gasteiger partial charge in [0.15, 0.2) is 0 Å². The normalized spacial score (nSPS) is 11.2. The molecule has 120 valence electrons. The maximum atomic E-state index is 9.30. The lowest BCUT2D eigenvalue weighted by Crippen LogP contribution is -2.09. The molecule has 1 heterocycles. The molecule has 0 fully saturated rings. The SMILES string of the molecule is CC(C)Nc1cccc(Oc2ccc3nc(CO)n(C)c3c2)c1. The fourth-order valence-electron chi connectivity index (χ4n) is 2.54. The van der Waals surface area contributed by atoms with Crippen molar-refractivity contribution in [2.75, 3.05) is 5.32 Å². The zero-order valence-electron chi connectivity index (χ0n) is 13.6. The summed E-state index contributed by atoms with van der Waals surface area (Å²) in [7, 11) is 1.89. The highest BCUT2D eigenvalue weighted by atomic mass is 16.5. The lowest BCUT2D eigenvalue weighted by molar-refractivity contribution is 0.268. The van der Waals surface area contributed by atoms with Crippen LogP contribution in [0.15, 0.2) is 42.5 Å². The van der Waals surface area contributed by atoms with Gasteiger partial charge < -0.3 is 19.7 Å². The molecule has 2 aromatic carbocycles. The molecule has 0 spiro atoms. The lowest BCUT2D eigenvalue weighted by atomic mass is 10.2. The van der Waals surface area contributed by atoms with Gasteiger partial charge >= 0.3 is 0 Å². The van der Waals surface area contributed by atoms with E-state index < -0.39 is 0 Å². The summed E-state index contributed by atoms with van der Waals surface area (Å²) in [5.74, 6) is 2.16. The minimum absolute atomic E-state index is 0.0791. The van der Waals surface area contributed by atoms with E-state index in [0.717, 1.165) is 28.2 Å². The van der Waals surface area contributed by atoms with E-state index in [1.54, 1.807) is 0 Å². The predicted molar refractivity (Wildman–Crippen MR) is 91.9 cm³/mol. The van der Waals surface area contributed by atoms with Gasteiger partial charge in [-0.15, -0.1) is 0 Å². The third-order valence-electron chi connectivity index (χ3n) is 3.61. The highest BCUT2D eigenvalue weighted by molar-refractivity contribution is 5.77. The first-order valence-corrected chi connectivity index (χ1v) is 7.67. The first-order valence-electron chi connectivity index (χ1n) is 7.67. The molecule has 5 heteroatoms. The summed E-state index contributed by atoms with van der Waals surface area (Å²) in [5, 5.41) is 12.7. The van der Waals surface area contributed by atoms with Crippen molar-refractivity contribution in [1.82, 2.24) is 9.55 Å². The number of ether oxygens (including phenoxy) is 1. The summed E-state index contributed by atoms with van der Waals surface area (Å²) in [6.07, 6.45) is 0. The van der Waals surface area contributed by atoms with Crippen molar-refractivity contribution >= 4 is 16.7 Å². The number of hydrogen-bond acceptors (Lipinski definition) is 4. The quantitative estimate of drug-likeness (QED) is 0.754. The second-order valence-electron chi connectivity index (χ2n) is 5.82. The van der Waals surface area contributed by atoms with Crippen LogP contribution in [0.3, 0.4) is 0 Å². The average Bonchev–Trinajstić information content (AvgIpc) is 2.83. The van der Waals surface area contributed by atoms with Crippen LogP contribution in [-0.2, 0) is 13.7 Å². The number of nitrogens with zero attached hydrogens (tertiary/aromatic N) is 2. The number of nitrogens with one attached hydrogen (secondary N) is 1. The second kappa shape index (κ2) is 6.30. The Hall–Kier alpha value is -2.53. The van der Waals surface area contributed by atoms with E-state index in [1.165, 1.54) is 0 Å². The Balaban J connectivity index is 1.88. The van der Waals surface area contributed by atoms with Gasteiger partial charge in [0.1, 0.15) is 23.9 Å². The molecular weight excluding hydrogens is 290 g/mol. The third kappa shape index (κ3) is 3.29. The Morgan fingerprint density at radius 1 is 1.17 bits per heavy atom. The van der Waals surface area contributed by atoms with Gasteiger partial charge in [0.05, 0.1) is 11.0 Å². The van der Waals surface area contributed by atoms with Crippen LogP contribution in [0.1, 0.15) is 19.7 Å². The maximum Gasteiger partial charge on any atom is 0.135 e. The highest BCUT2D eigenvalue weighted by Gasteiger charge is 2.08. The van der Waals surface area contributed by atoms with Gasteiger partial charge in [-0.3, -0.25) is 0 Å². The monoisotopic (exact) mass is 311 g/mol. The molecule has 0 atom stereocenters. The summed E-state index contributed by atoms with van der Waals surface area (Å²) in [5.41, 5.74) is 2.81. The summed E-state index contributed by atoms with van der Waals surface area (Å²) >= 11 is 0. The average molecular weight is 311 g/mol. The van der Waals surface area contributed by atoms with E-state index in [0.29, 0.717) is 11.9 Å². The number of anilines is 1. The number of rotatable bonds is 5. The Morgan fingerprint density at radius 3 is 2.70 bits per heavy atom. The van der Waals surface area contributed by atoms with Gasteiger partial charge in [0, 0.05) is 30.9 Å². The van der Waals surface area contributed by atoms with E-state index in [1.807, 2.05) is 54.1 Å². The van der Waals surface area contributed by atoms with Crippen LogP contribution in [-0.4, -0.2) is 20.7 Å². The fourth-order valence-corrected chi connectivity index (χ4v) is 2.54. The second-order valence-corrected chi connectivity index (χ2v) is 5.82. The molecule has 0 unspecified atom stereocenters.